The van der Waals surface area contributed by atoms with Crippen LogP contribution in [-0.4, -0.2) is 27.4 Å². The third-order valence-corrected chi connectivity index (χ3v) is 5.29. The molecule has 3 rings (SSSR count). The highest BCUT2D eigenvalue weighted by Gasteiger charge is 2.22. The zero-order valence-electron chi connectivity index (χ0n) is 17.7. The normalized spacial score (nSPS) is 14.5. The van der Waals surface area contributed by atoms with Crippen LogP contribution in [0.1, 0.15) is 72.2 Å². The summed E-state index contributed by atoms with van der Waals surface area (Å²) in [5.74, 6) is -0.579. The number of pyridine rings is 2. The molecule has 1 saturated carbocycles. The third kappa shape index (κ3) is 5.78. The van der Waals surface area contributed by atoms with Crippen LogP contribution >= 0.6 is 0 Å². The molecule has 7 heteroatoms. The molecule has 0 aromatic carbocycles. The average Bonchev–Trinajstić information content (AvgIpc) is 2.74. The Morgan fingerprint density at radius 2 is 1.70 bits per heavy atom. The molecule has 160 valence electrons. The minimum atomic E-state index is -0.532. The Kier molecular flexibility index (Phi) is 7.38. The van der Waals surface area contributed by atoms with Gasteiger partial charge in [0.15, 0.2) is 0 Å². The van der Waals surface area contributed by atoms with Gasteiger partial charge in [-0.3, -0.25) is 19.4 Å². The molecule has 30 heavy (non-hydrogen) atoms. The van der Waals surface area contributed by atoms with Crippen LogP contribution in [0, 0.1) is 5.92 Å². The van der Waals surface area contributed by atoms with E-state index >= 15 is 0 Å². The molecule has 2 N–H and O–H groups in total. The van der Waals surface area contributed by atoms with E-state index in [2.05, 4.69) is 15.6 Å². The number of nitrogens with zero attached hydrogens (tertiary/aromatic N) is 2. The smallest absolute Gasteiger partial charge is 0.257 e. The summed E-state index contributed by atoms with van der Waals surface area (Å²) in [6, 6.07) is 3.69. The standard InChI is InChI=1S/C23H30N4O3/c1-16(2)13-27-14-19(22(29)25-12-17-8-10-24-11-9-17)21(28)20(15-27)23(30)26-18-6-4-3-5-7-18/h8-11,14-16,18H,3-7,12-13H2,1-2H3,(H,25,29)(H,26,30). The second kappa shape index (κ2) is 10.2. The van der Waals surface area contributed by atoms with Gasteiger partial charge in [-0.1, -0.05) is 33.1 Å². The van der Waals surface area contributed by atoms with E-state index in [1.165, 1.54) is 6.42 Å². The summed E-state index contributed by atoms with van der Waals surface area (Å²) >= 11 is 0. The summed E-state index contributed by atoms with van der Waals surface area (Å²) in [5, 5.41) is 5.76. The lowest BCUT2D eigenvalue weighted by atomic mass is 9.95. The van der Waals surface area contributed by atoms with Gasteiger partial charge in [-0.15, -0.1) is 0 Å². The minimum Gasteiger partial charge on any atom is -0.352 e. The van der Waals surface area contributed by atoms with Crippen LogP contribution in [0.4, 0.5) is 0 Å². The van der Waals surface area contributed by atoms with Crippen molar-refractivity contribution in [1.82, 2.24) is 20.2 Å². The molecule has 2 aromatic heterocycles. The Morgan fingerprint density at radius 1 is 1.07 bits per heavy atom. The topological polar surface area (TPSA) is 93.1 Å². The lowest BCUT2D eigenvalue weighted by molar-refractivity contribution is 0.0925. The Bertz CT molecular complexity index is 931. The van der Waals surface area contributed by atoms with Crippen molar-refractivity contribution < 1.29 is 9.59 Å². The zero-order valence-corrected chi connectivity index (χ0v) is 17.7. The van der Waals surface area contributed by atoms with Gasteiger partial charge in [0.25, 0.3) is 11.8 Å². The molecule has 1 fully saturated rings. The van der Waals surface area contributed by atoms with E-state index in [1.807, 2.05) is 13.8 Å². The van der Waals surface area contributed by atoms with Crippen LogP contribution in [-0.2, 0) is 13.1 Å². The highest BCUT2D eigenvalue weighted by Crippen LogP contribution is 2.17. The molecular weight excluding hydrogens is 380 g/mol. The monoisotopic (exact) mass is 410 g/mol. The van der Waals surface area contributed by atoms with E-state index in [9.17, 15) is 14.4 Å². The molecule has 0 spiro atoms. The average molecular weight is 411 g/mol. The van der Waals surface area contributed by atoms with Crippen LogP contribution < -0.4 is 16.1 Å². The van der Waals surface area contributed by atoms with Crippen LogP contribution in [0.2, 0.25) is 0 Å². The molecule has 0 unspecified atom stereocenters. The van der Waals surface area contributed by atoms with E-state index in [0.29, 0.717) is 12.5 Å². The largest absolute Gasteiger partial charge is 0.352 e. The Balaban J connectivity index is 1.83. The first kappa shape index (κ1) is 21.7. The highest BCUT2D eigenvalue weighted by molar-refractivity contribution is 5.99. The first-order valence-corrected chi connectivity index (χ1v) is 10.7. The van der Waals surface area contributed by atoms with Gasteiger partial charge in [-0.2, -0.15) is 0 Å². The predicted octanol–water partition coefficient (Wildman–Crippen LogP) is 2.89. The minimum absolute atomic E-state index is 0.0130. The van der Waals surface area contributed by atoms with Gasteiger partial charge in [-0.25, -0.2) is 0 Å². The molecular formula is C23H30N4O3. The third-order valence-electron chi connectivity index (χ3n) is 5.29. The van der Waals surface area contributed by atoms with Crippen molar-refractivity contribution in [2.45, 2.75) is 65.1 Å². The lowest BCUT2D eigenvalue weighted by Crippen LogP contribution is -2.40. The summed E-state index contributed by atoms with van der Waals surface area (Å²) in [6.07, 6.45) is 11.6. The van der Waals surface area contributed by atoms with Crippen LogP contribution in [0.3, 0.4) is 0 Å². The quantitative estimate of drug-likeness (QED) is 0.734. The molecule has 1 aliphatic carbocycles. The van der Waals surface area contributed by atoms with Crippen molar-refractivity contribution >= 4 is 11.8 Å². The molecule has 0 saturated heterocycles. The molecule has 0 bridgehead atoms. The number of carbonyl (C=O) groups excluding carboxylic acids is 2. The van der Waals surface area contributed by atoms with E-state index in [4.69, 9.17) is 0 Å². The highest BCUT2D eigenvalue weighted by atomic mass is 16.2. The van der Waals surface area contributed by atoms with Crippen molar-refractivity contribution in [2.75, 3.05) is 0 Å². The summed E-state index contributed by atoms with van der Waals surface area (Å²) in [4.78, 5) is 42.6. The maximum absolute atomic E-state index is 13.0. The summed E-state index contributed by atoms with van der Waals surface area (Å²) < 4.78 is 1.77. The number of hydrogen-bond acceptors (Lipinski definition) is 4. The van der Waals surface area contributed by atoms with Crippen molar-refractivity contribution in [1.29, 1.82) is 0 Å². The number of rotatable bonds is 7. The maximum Gasteiger partial charge on any atom is 0.257 e. The fourth-order valence-electron chi connectivity index (χ4n) is 3.77. The van der Waals surface area contributed by atoms with E-state index in [-0.39, 0.29) is 23.7 Å². The van der Waals surface area contributed by atoms with E-state index < -0.39 is 17.2 Å². The number of nitrogens with one attached hydrogen (secondary N) is 2. The Hall–Kier alpha value is -2.96. The first-order chi connectivity index (χ1) is 14.4. The molecule has 7 nitrogen and oxygen atoms in total. The van der Waals surface area contributed by atoms with Crippen LogP contribution in [0.5, 0.6) is 0 Å². The van der Waals surface area contributed by atoms with Crippen molar-refractivity contribution in [3.63, 3.8) is 0 Å². The van der Waals surface area contributed by atoms with Gasteiger partial charge in [-0.05, 0) is 36.5 Å². The van der Waals surface area contributed by atoms with Crippen molar-refractivity contribution in [2.24, 2.45) is 5.92 Å². The van der Waals surface area contributed by atoms with Crippen molar-refractivity contribution in [3.8, 4) is 0 Å². The first-order valence-electron chi connectivity index (χ1n) is 10.7. The summed E-state index contributed by atoms with van der Waals surface area (Å²) in [5.41, 5.74) is 0.362. The molecule has 2 amide bonds. The maximum atomic E-state index is 13.0. The van der Waals surface area contributed by atoms with Gasteiger partial charge in [0.05, 0.1) is 0 Å². The molecule has 0 aliphatic heterocycles. The van der Waals surface area contributed by atoms with E-state index in [0.717, 1.165) is 31.2 Å². The molecule has 2 heterocycles. The van der Waals surface area contributed by atoms with Crippen LogP contribution in [0.15, 0.2) is 41.7 Å². The molecule has 0 atom stereocenters. The zero-order chi connectivity index (χ0) is 21.5. The number of carbonyl (C=O) groups is 2. The number of hydrogen-bond donors (Lipinski definition) is 2. The van der Waals surface area contributed by atoms with Gasteiger partial charge < -0.3 is 15.2 Å². The predicted molar refractivity (Wildman–Crippen MR) is 115 cm³/mol. The summed E-state index contributed by atoms with van der Waals surface area (Å²) in [6.45, 7) is 4.98. The Labute approximate surface area is 176 Å². The van der Waals surface area contributed by atoms with Gasteiger partial charge in [0.1, 0.15) is 11.1 Å². The molecule has 0 radical (unpaired) electrons. The fourth-order valence-corrected chi connectivity index (χ4v) is 3.77. The SMILES string of the molecule is CC(C)Cn1cc(C(=O)NCc2ccncc2)c(=O)c(C(=O)NC2CCCCC2)c1. The summed E-state index contributed by atoms with van der Waals surface area (Å²) in [7, 11) is 0. The molecule has 2 aromatic rings. The van der Waals surface area contributed by atoms with Gasteiger partial charge >= 0.3 is 0 Å². The molecule has 1 aliphatic rings. The van der Waals surface area contributed by atoms with Gasteiger partial charge in [0.2, 0.25) is 5.43 Å². The van der Waals surface area contributed by atoms with Crippen LogP contribution in [0.25, 0.3) is 0 Å². The number of aromatic nitrogens is 2. The Morgan fingerprint density at radius 3 is 2.33 bits per heavy atom. The van der Waals surface area contributed by atoms with Gasteiger partial charge in [0, 0.05) is 43.9 Å². The second-order valence-electron chi connectivity index (χ2n) is 8.35. The van der Waals surface area contributed by atoms with Crippen molar-refractivity contribution in [3.05, 3.63) is 63.8 Å². The van der Waals surface area contributed by atoms with E-state index in [1.54, 1.807) is 41.5 Å². The number of amides is 2. The lowest BCUT2D eigenvalue weighted by Gasteiger charge is -2.23. The second-order valence-corrected chi connectivity index (χ2v) is 8.35. The fraction of sp³-hybridized carbons (Fsp3) is 0.478.